The van der Waals surface area contributed by atoms with Crippen LogP contribution in [0.25, 0.3) is 94.3 Å². The Morgan fingerprint density at radius 1 is 0.292 bits per heavy atom. The van der Waals surface area contributed by atoms with Gasteiger partial charge in [-0.15, -0.1) is 0 Å². The normalized spacial score (nSPS) is 11.4. The molecule has 0 aliphatic heterocycles. The van der Waals surface area contributed by atoms with E-state index in [4.69, 9.17) is 4.42 Å². The first kappa shape index (κ1) is 38.0. The highest BCUT2D eigenvalue weighted by atomic mass is 16.3. The lowest BCUT2D eigenvalue weighted by Gasteiger charge is -2.28. The Labute approximate surface area is 378 Å². The van der Waals surface area contributed by atoms with Crippen molar-refractivity contribution in [1.29, 1.82) is 0 Å². The van der Waals surface area contributed by atoms with E-state index in [-0.39, 0.29) is 0 Å². The molecule has 0 amide bonds. The van der Waals surface area contributed by atoms with Crippen molar-refractivity contribution in [2.75, 3.05) is 4.90 Å². The maximum Gasteiger partial charge on any atom is 0.161 e. The molecule has 2 aromatic heterocycles. The molecule has 12 aromatic rings. The van der Waals surface area contributed by atoms with Crippen molar-refractivity contribution >= 4 is 50.0 Å². The molecule has 0 spiro atoms. The number of fused-ring (bicyclic) bond motifs is 5. The van der Waals surface area contributed by atoms with Crippen molar-refractivity contribution in [1.82, 2.24) is 4.57 Å². The van der Waals surface area contributed by atoms with Crippen LogP contribution in [0, 0.1) is 0 Å². The Morgan fingerprint density at radius 3 is 1.23 bits per heavy atom. The van der Waals surface area contributed by atoms with Crippen LogP contribution in [0.15, 0.2) is 259 Å². The zero-order chi connectivity index (χ0) is 43.1. The zero-order valence-electron chi connectivity index (χ0n) is 35.6. The topological polar surface area (TPSA) is 21.3 Å². The highest BCUT2D eigenvalue weighted by Gasteiger charge is 2.24. The summed E-state index contributed by atoms with van der Waals surface area (Å²) in [5, 5.41) is 2.16. The molecule has 10 aromatic carbocycles. The number of benzene rings is 10. The molecule has 0 saturated heterocycles. The van der Waals surface area contributed by atoms with Crippen molar-refractivity contribution in [2.45, 2.75) is 0 Å². The van der Waals surface area contributed by atoms with Gasteiger partial charge in [0.25, 0.3) is 0 Å². The molecule has 3 heteroatoms. The van der Waals surface area contributed by atoms with Crippen LogP contribution in [-0.4, -0.2) is 4.57 Å². The Hall–Kier alpha value is -8.66. The van der Waals surface area contributed by atoms with Crippen LogP contribution in [0.5, 0.6) is 0 Å². The zero-order valence-corrected chi connectivity index (χ0v) is 35.6. The van der Waals surface area contributed by atoms with Gasteiger partial charge in [0, 0.05) is 39.0 Å². The summed E-state index contributed by atoms with van der Waals surface area (Å²) in [5.74, 6) is 0. The fourth-order valence-electron chi connectivity index (χ4n) is 9.45. The third kappa shape index (κ3) is 6.87. The number of para-hydroxylation sites is 4. The molecular formula is C62H42N2O. The molecular weight excluding hydrogens is 789 g/mol. The van der Waals surface area contributed by atoms with E-state index in [9.17, 15) is 0 Å². The van der Waals surface area contributed by atoms with Crippen LogP contribution < -0.4 is 4.90 Å². The Bertz CT molecular complexity index is 3460. The minimum Gasteiger partial charge on any atom is -0.453 e. The minimum atomic E-state index is 0.865. The van der Waals surface area contributed by atoms with E-state index in [0.717, 1.165) is 78.0 Å². The van der Waals surface area contributed by atoms with Crippen molar-refractivity contribution in [3.63, 3.8) is 0 Å². The van der Waals surface area contributed by atoms with Crippen LogP contribution >= 0.6 is 0 Å². The van der Waals surface area contributed by atoms with Gasteiger partial charge in [0.2, 0.25) is 0 Å². The molecule has 0 bridgehead atoms. The third-order valence-corrected chi connectivity index (χ3v) is 12.7. The Kier molecular flexibility index (Phi) is 9.50. The lowest BCUT2D eigenvalue weighted by molar-refractivity contribution is 0.674. The molecule has 65 heavy (non-hydrogen) atoms. The van der Waals surface area contributed by atoms with Crippen LogP contribution in [0.2, 0.25) is 0 Å². The van der Waals surface area contributed by atoms with Gasteiger partial charge in [-0.2, -0.15) is 0 Å². The maximum absolute atomic E-state index is 7.06. The van der Waals surface area contributed by atoms with Crippen LogP contribution in [0.4, 0.5) is 17.1 Å². The molecule has 3 nitrogen and oxygen atoms in total. The minimum absolute atomic E-state index is 0.865. The number of hydrogen-bond acceptors (Lipinski definition) is 2. The van der Waals surface area contributed by atoms with E-state index < -0.39 is 0 Å². The average Bonchev–Trinajstić information content (AvgIpc) is 3.93. The lowest BCUT2D eigenvalue weighted by atomic mass is 9.98. The highest BCUT2D eigenvalue weighted by molar-refractivity contribution is 6.19. The molecule has 0 atom stereocenters. The second-order valence-corrected chi connectivity index (χ2v) is 16.5. The van der Waals surface area contributed by atoms with Gasteiger partial charge in [-0.05, 0) is 105 Å². The number of furan rings is 1. The van der Waals surface area contributed by atoms with E-state index in [1.165, 1.54) is 33.4 Å². The van der Waals surface area contributed by atoms with E-state index in [1.54, 1.807) is 0 Å². The Balaban J connectivity index is 0.979. The number of hydrogen-bond donors (Lipinski definition) is 0. The summed E-state index contributed by atoms with van der Waals surface area (Å²) in [6.45, 7) is 0. The van der Waals surface area contributed by atoms with Crippen LogP contribution in [0.1, 0.15) is 0 Å². The fourth-order valence-corrected chi connectivity index (χ4v) is 9.45. The van der Waals surface area contributed by atoms with Crippen molar-refractivity contribution in [2.24, 2.45) is 0 Å². The van der Waals surface area contributed by atoms with Gasteiger partial charge in [-0.1, -0.05) is 194 Å². The molecule has 0 N–H and O–H groups in total. The summed E-state index contributed by atoms with van der Waals surface area (Å²) in [6.07, 6.45) is 0. The molecule has 0 fully saturated rings. The molecule has 306 valence electrons. The monoisotopic (exact) mass is 830 g/mol. The SMILES string of the molecule is c1ccc(-c2ccc(-c3ccc(N(c4ccc(-c5ccc(-c6ccccc6)cc5)cc4)c4ccccc4-c4cccc5c4oc4c6ccccc6n(-c6ccccc6)c54)cc3)cc2)cc1. The predicted molar refractivity (Wildman–Crippen MR) is 272 cm³/mol. The maximum atomic E-state index is 7.06. The second kappa shape index (κ2) is 16.2. The second-order valence-electron chi connectivity index (χ2n) is 16.5. The van der Waals surface area contributed by atoms with E-state index in [0.29, 0.717) is 0 Å². The average molecular weight is 831 g/mol. The highest BCUT2D eigenvalue weighted by Crippen LogP contribution is 2.47. The molecule has 0 aliphatic carbocycles. The first-order valence-corrected chi connectivity index (χ1v) is 22.2. The number of aromatic nitrogens is 1. The quantitative estimate of drug-likeness (QED) is 0.144. The first-order chi connectivity index (χ1) is 32.2. The van der Waals surface area contributed by atoms with Gasteiger partial charge < -0.3 is 13.9 Å². The molecule has 12 rings (SSSR count). The lowest BCUT2D eigenvalue weighted by Crippen LogP contribution is -2.11. The van der Waals surface area contributed by atoms with E-state index >= 15 is 0 Å². The van der Waals surface area contributed by atoms with E-state index in [1.807, 2.05) is 0 Å². The Morgan fingerprint density at radius 2 is 0.692 bits per heavy atom. The summed E-state index contributed by atoms with van der Waals surface area (Å²) >= 11 is 0. The summed E-state index contributed by atoms with van der Waals surface area (Å²) in [7, 11) is 0. The fraction of sp³-hybridized carbons (Fsp3) is 0. The van der Waals surface area contributed by atoms with Crippen molar-refractivity contribution < 1.29 is 4.42 Å². The summed E-state index contributed by atoms with van der Waals surface area (Å²) in [5.41, 5.74) is 19.8. The number of rotatable bonds is 9. The van der Waals surface area contributed by atoms with Gasteiger partial charge in [-0.3, -0.25) is 0 Å². The van der Waals surface area contributed by atoms with Crippen molar-refractivity contribution in [3.8, 4) is 61.3 Å². The molecule has 0 aliphatic rings. The van der Waals surface area contributed by atoms with Gasteiger partial charge in [0.05, 0.1) is 11.2 Å². The molecule has 0 radical (unpaired) electrons. The van der Waals surface area contributed by atoms with Gasteiger partial charge in [0.1, 0.15) is 11.1 Å². The molecule has 0 unspecified atom stereocenters. The van der Waals surface area contributed by atoms with Crippen LogP contribution in [0.3, 0.4) is 0 Å². The first-order valence-electron chi connectivity index (χ1n) is 22.2. The standard InChI is InChI=1S/C62H42N2O/c1-4-15-43(16-5-1)45-27-31-47(32-28-45)49-35-39-52(40-36-49)63(53-41-37-50(38-42-53)48-33-29-46(30-34-48)44-17-6-2-7-18-44)58-25-12-10-21-54(58)55-23-14-24-57-60-62(65-61(55)57)56-22-11-13-26-59(56)64(60)51-19-8-3-9-20-51/h1-42H. The van der Waals surface area contributed by atoms with E-state index in [2.05, 4.69) is 264 Å². The largest absolute Gasteiger partial charge is 0.453 e. The van der Waals surface area contributed by atoms with Crippen molar-refractivity contribution in [3.05, 3.63) is 255 Å². The number of nitrogens with zero attached hydrogens (tertiary/aromatic N) is 2. The molecule has 0 saturated carbocycles. The third-order valence-electron chi connectivity index (χ3n) is 12.7. The van der Waals surface area contributed by atoms with Crippen LogP contribution in [-0.2, 0) is 0 Å². The smallest absolute Gasteiger partial charge is 0.161 e. The number of anilines is 3. The summed E-state index contributed by atoms with van der Waals surface area (Å²) in [6, 6.07) is 91.0. The van der Waals surface area contributed by atoms with Gasteiger partial charge >= 0.3 is 0 Å². The summed E-state index contributed by atoms with van der Waals surface area (Å²) < 4.78 is 9.40. The predicted octanol–water partition coefficient (Wildman–Crippen LogP) is 17.3. The van der Waals surface area contributed by atoms with Gasteiger partial charge in [0.15, 0.2) is 5.58 Å². The van der Waals surface area contributed by atoms with Gasteiger partial charge in [-0.25, -0.2) is 0 Å². The summed E-state index contributed by atoms with van der Waals surface area (Å²) in [4.78, 5) is 2.38. The molecule has 2 heterocycles.